The van der Waals surface area contributed by atoms with Crippen molar-refractivity contribution in [2.75, 3.05) is 0 Å². The SMILES string of the molecule is C=C(Cl)N=C1C=CS/C1=C/C. The molecule has 0 aliphatic carbocycles. The minimum Gasteiger partial charge on any atom is -0.236 e. The van der Waals surface area contributed by atoms with Crippen LogP contribution >= 0.6 is 23.4 Å². The van der Waals surface area contributed by atoms with Crippen LogP contribution in [0.2, 0.25) is 0 Å². The van der Waals surface area contributed by atoms with Crippen LogP contribution in [0.1, 0.15) is 6.92 Å². The lowest BCUT2D eigenvalue weighted by Gasteiger charge is -1.94. The van der Waals surface area contributed by atoms with Crippen molar-refractivity contribution in [1.82, 2.24) is 0 Å². The number of hydrogen-bond donors (Lipinski definition) is 0. The largest absolute Gasteiger partial charge is 0.236 e. The van der Waals surface area contributed by atoms with Gasteiger partial charge in [-0.15, -0.1) is 0 Å². The molecule has 0 spiro atoms. The Morgan fingerprint density at radius 1 is 1.82 bits per heavy atom. The molecule has 0 saturated carbocycles. The van der Waals surface area contributed by atoms with Crippen LogP contribution < -0.4 is 0 Å². The van der Waals surface area contributed by atoms with E-state index in [9.17, 15) is 0 Å². The lowest BCUT2D eigenvalue weighted by Crippen LogP contribution is -1.89. The summed E-state index contributed by atoms with van der Waals surface area (Å²) in [6, 6.07) is 0. The lowest BCUT2D eigenvalue weighted by molar-refractivity contribution is 1.53. The Morgan fingerprint density at radius 3 is 3.09 bits per heavy atom. The molecule has 0 aromatic heterocycles. The minimum atomic E-state index is 0.325. The molecule has 0 unspecified atom stereocenters. The summed E-state index contributed by atoms with van der Waals surface area (Å²) in [4.78, 5) is 5.17. The van der Waals surface area contributed by atoms with Gasteiger partial charge in [0.15, 0.2) is 0 Å². The molecule has 0 N–H and O–H groups in total. The molecule has 0 atom stereocenters. The van der Waals surface area contributed by atoms with E-state index in [1.807, 2.05) is 24.5 Å². The summed E-state index contributed by atoms with van der Waals surface area (Å²) in [5.41, 5.74) is 0.900. The Morgan fingerprint density at radius 2 is 2.55 bits per heavy atom. The highest BCUT2D eigenvalue weighted by Gasteiger charge is 2.08. The van der Waals surface area contributed by atoms with Gasteiger partial charge in [0.25, 0.3) is 0 Å². The van der Waals surface area contributed by atoms with Crippen LogP contribution in [0, 0.1) is 0 Å². The van der Waals surface area contributed by atoms with Gasteiger partial charge in [-0.25, -0.2) is 4.99 Å². The fourth-order valence-corrected chi connectivity index (χ4v) is 1.56. The third kappa shape index (κ3) is 2.24. The Kier molecular flexibility index (Phi) is 2.97. The number of hydrogen-bond acceptors (Lipinski definition) is 2. The van der Waals surface area contributed by atoms with E-state index in [1.165, 1.54) is 0 Å². The van der Waals surface area contributed by atoms with Crippen LogP contribution in [0.3, 0.4) is 0 Å². The topological polar surface area (TPSA) is 12.4 Å². The van der Waals surface area contributed by atoms with Gasteiger partial charge in [-0.05, 0) is 18.4 Å². The van der Waals surface area contributed by atoms with E-state index in [4.69, 9.17) is 11.6 Å². The molecule has 3 heteroatoms. The minimum absolute atomic E-state index is 0.325. The first-order valence-corrected chi connectivity index (χ1v) is 4.43. The lowest BCUT2D eigenvalue weighted by atomic mass is 10.3. The van der Waals surface area contributed by atoms with Crippen LogP contribution in [0.15, 0.2) is 39.2 Å². The predicted molar refractivity (Wildman–Crippen MR) is 52.9 cm³/mol. The zero-order valence-corrected chi connectivity index (χ0v) is 7.75. The Bertz CT molecular complexity index is 263. The molecule has 1 aliphatic rings. The maximum Gasteiger partial charge on any atom is 0.122 e. The van der Waals surface area contributed by atoms with E-state index in [-0.39, 0.29) is 0 Å². The molecule has 58 valence electrons. The number of thioether (sulfide) groups is 1. The molecule has 0 aromatic rings. The Balaban J connectivity index is 2.87. The summed E-state index contributed by atoms with van der Waals surface area (Å²) in [6.45, 7) is 5.47. The number of aliphatic imine (C=N–C) groups is 1. The Labute approximate surface area is 75.5 Å². The number of nitrogens with zero attached hydrogens (tertiary/aromatic N) is 1. The van der Waals surface area contributed by atoms with Crippen LogP contribution in [0.5, 0.6) is 0 Å². The molecule has 11 heavy (non-hydrogen) atoms. The molecule has 0 aromatic carbocycles. The standard InChI is InChI=1S/C8H8ClNS/c1-3-8-7(4-5-11-8)10-6(2)9/h3-5H,2H2,1H3/b8-3+,10-7?. The molecular weight excluding hydrogens is 178 g/mol. The second-order valence-corrected chi connectivity index (χ2v) is 3.33. The van der Waals surface area contributed by atoms with Gasteiger partial charge in [-0.2, -0.15) is 0 Å². The van der Waals surface area contributed by atoms with Gasteiger partial charge >= 0.3 is 0 Å². The fraction of sp³-hybridized carbons (Fsp3) is 0.125. The van der Waals surface area contributed by atoms with E-state index in [2.05, 4.69) is 11.6 Å². The molecule has 0 radical (unpaired) electrons. The van der Waals surface area contributed by atoms with Gasteiger partial charge in [-0.1, -0.05) is 36.0 Å². The van der Waals surface area contributed by atoms with E-state index in [0.717, 1.165) is 10.6 Å². The molecule has 0 bridgehead atoms. The van der Waals surface area contributed by atoms with Gasteiger partial charge in [0, 0.05) is 4.91 Å². The number of rotatable bonds is 1. The van der Waals surface area contributed by atoms with E-state index in [0.29, 0.717) is 5.16 Å². The summed E-state index contributed by atoms with van der Waals surface area (Å²) in [5, 5.41) is 2.31. The van der Waals surface area contributed by atoms with Crippen molar-refractivity contribution in [1.29, 1.82) is 0 Å². The van der Waals surface area contributed by atoms with Crippen molar-refractivity contribution < 1.29 is 0 Å². The van der Waals surface area contributed by atoms with Crippen molar-refractivity contribution in [3.8, 4) is 0 Å². The van der Waals surface area contributed by atoms with Crippen LogP contribution in [-0.2, 0) is 0 Å². The summed E-state index contributed by atoms with van der Waals surface area (Å²) in [7, 11) is 0. The van der Waals surface area contributed by atoms with Gasteiger partial charge in [-0.3, -0.25) is 0 Å². The molecule has 1 heterocycles. The molecule has 0 saturated heterocycles. The van der Waals surface area contributed by atoms with Gasteiger partial charge < -0.3 is 0 Å². The highest BCUT2D eigenvalue weighted by atomic mass is 35.5. The van der Waals surface area contributed by atoms with Crippen molar-refractivity contribution in [3.63, 3.8) is 0 Å². The molecule has 1 aliphatic heterocycles. The van der Waals surface area contributed by atoms with Crippen molar-refractivity contribution in [2.45, 2.75) is 6.92 Å². The normalized spacial score (nSPS) is 23.5. The quantitative estimate of drug-likeness (QED) is 0.571. The maximum atomic E-state index is 5.53. The van der Waals surface area contributed by atoms with Crippen molar-refractivity contribution in [2.24, 2.45) is 4.99 Å². The zero-order chi connectivity index (χ0) is 8.27. The first-order valence-electron chi connectivity index (χ1n) is 3.17. The second-order valence-electron chi connectivity index (χ2n) is 1.95. The Hall–Kier alpha value is -0.470. The van der Waals surface area contributed by atoms with Crippen molar-refractivity contribution >= 4 is 29.1 Å². The third-order valence-corrected chi connectivity index (χ3v) is 2.23. The highest BCUT2D eigenvalue weighted by Crippen LogP contribution is 2.26. The number of halogens is 1. The van der Waals surface area contributed by atoms with Gasteiger partial charge in [0.1, 0.15) is 5.16 Å². The van der Waals surface area contributed by atoms with Crippen LogP contribution in [0.25, 0.3) is 0 Å². The smallest absolute Gasteiger partial charge is 0.122 e. The molecule has 0 fully saturated rings. The second kappa shape index (κ2) is 3.79. The summed E-state index contributed by atoms with van der Waals surface area (Å²) in [6.07, 6.45) is 3.93. The summed E-state index contributed by atoms with van der Waals surface area (Å²) in [5.74, 6) is 0. The maximum absolute atomic E-state index is 5.53. The van der Waals surface area contributed by atoms with E-state index in [1.54, 1.807) is 11.8 Å². The monoisotopic (exact) mass is 185 g/mol. The van der Waals surface area contributed by atoms with E-state index < -0.39 is 0 Å². The van der Waals surface area contributed by atoms with Crippen molar-refractivity contribution in [3.05, 3.63) is 34.2 Å². The average Bonchev–Trinajstić information content (AvgIpc) is 2.34. The fourth-order valence-electron chi connectivity index (χ4n) is 0.753. The first-order chi connectivity index (χ1) is 5.24. The molecule has 1 rings (SSSR count). The molecular formula is C8H8ClNS. The molecule has 1 nitrogen and oxygen atoms in total. The summed E-state index contributed by atoms with van der Waals surface area (Å²) < 4.78 is 0. The van der Waals surface area contributed by atoms with Gasteiger partial charge in [0.2, 0.25) is 0 Å². The highest BCUT2D eigenvalue weighted by molar-refractivity contribution is 8.07. The number of allylic oxidation sites excluding steroid dienone is 3. The summed E-state index contributed by atoms with van der Waals surface area (Å²) >= 11 is 7.17. The average molecular weight is 186 g/mol. The van der Waals surface area contributed by atoms with E-state index >= 15 is 0 Å². The third-order valence-electron chi connectivity index (χ3n) is 1.18. The van der Waals surface area contributed by atoms with Crippen LogP contribution in [-0.4, -0.2) is 5.71 Å². The molecule has 0 amide bonds. The first kappa shape index (κ1) is 8.62. The van der Waals surface area contributed by atoms with Crippen LogP contribution in [0.4, 0.5) is 0 Å². The zero-order valence-electron chi connectivity index (χ0n) is 6.17. The predicted octanol–water partition coefficient (Wildman–Crippen LogP) is 3.30. The van der Waals surface area contributed by atoms with Gasteiger partial charge in [0.05, 0.1) is 5.71 Å².